The lowest BCUT2D eigenvalue weighted by Crippen LogP contribution is -2.56. The van der Waals surface area contributed by atoms with E-state index in [1.54, 1.807) is 0 Å². The maximum atomic E-state index is 12.8. The molecule has 3 heteroatoms. The number of likely N-dealkylation sites (N-methyl/N-ethyl adjacent to an activating group) is 1. The van der Waals surface area contributed by atoms with Crippen LogP contribution in [0.15, 0.2) is 30.3 Å². The summed E-state index contributed by atoms with van der Waals surface area (Å²) in [5, 5.41) is 3.40. The molecule has 0 aliphatic carbocycles. The second-order valence-corrected chi connectivity index (χ2v) is 5.90. The first-order valence-electron chi connectivity index (χ1n) is 7.16. The van der Waals surface area contributed by atoms with Crippen molar-refractivity contribution in [1.29, 1.82) is 0 Å². The fourth-order valence-electron chi connectivity index (χ4n) is 2.86. The molecule has 1 fully saturated rings. The minimum atomic E-state index is -0.0820. The minimum Gasteiger partial charge on any atom is -0.311 e. The number of hydrogen-bond donors (Lipinski definition) is 1. The van der Waals surface area contributed by atoms with Crippen LogP contribution >= 0.6 is 0 Å². The van der Waals surface area contributed by atoms with Crippen molar-refractivity contribution in [3.63, 3.8) is 0 Å². The molecule has 1 aromatic rings. The Morgan fingerprint density at radius 2 is 2.05 bits per heavy atom. The van der Waals surface area contributed by atoms with E-state index in [2.05, 4.69) is 19.2 Å². The van der Waals surface area contributed by atoms with Crippen LogP contribution in [0.3, 0.4) is 0 Å². The van der Waals surface area contributed by atoms with Crippen molar-refractivity contribution in [3.05, 3.63) is 30.3 Å². The van der Waals surface area contributed by atoms with Crippen LogP contribution in [0.1, 0.15) is 33.6 Å². The van der Waals surface area contributed by atoms with Gasteiger partial charge in [-0.1, -0.05) is 32.0 Å². The molecule has 104 valence electrons. The Morgan fingerprint density at radius 3 is 2.63 bits per heavy atom. The Bertz CT molecular complexity index is 428. The molecule has 1 aliphatic heterocycles. The second kappa shape index (κ2) is 5.74. The zero-order valence-corrected chi connectivity index (χ0v) is 12.1. The quantitative estimate of drug-likeness (QED) is 0.906. The SMILES string of the molecule is CCN(C(=O)C1NCCCC1(C)C)c1ccccc1. The third kappa shape index (κ3) is 2.98. The highest BCUT2D eigenvalue weighted by Crippen LogP contribution is 2.32. The van der Waals surface area contributed by atoms with Crippen molar-refractivity contribution >= 4 is 11.6 Å². The van der Waals surface area contributed by atoms with Gasteiger partial charge in [-0.05, 0) is 43.9 Å². The number of anilines is 1. The van der Waals surface area contributed by atoms with Crippen molar-refractivity contribution in [2.24, 2.45) is 5.41 Å². The van der Waals surface area contributed by atoms with E-state index < -0.39 is 0 Å². The topological polar surface area (TPSA) is 32.3 Å². The van der Waals surface area contributed by atoms with Crippen molar-refractivity contribution in [3.8, 4) is 0 Å². The number of para-hydroxylation sites is 1. The second-order valence-electron chi connectivity index (χ2n) is 5.90. The molecule has 0 radical (unpaired) electrons. The maximum absolute atomic E-state index is 12.8. The van der Waals surface area contributed by atoms with E-state index in [0.29, 0.717) is 6.54 Å². The number of rotatable bonds is 3. The predicted molar refractivity (Wildman–Crippen MR) is 79.3 cm³/mol. The summed E-state index contributed by atoms with van der Waals surface area (Å²) in [6.45, 7) is 8.03. The zero-order valence-electron chi connectivity index (χ0n) is 12.1. The molecular weight excluding hydrogens is 236 g/mol. The maximum Gasteiger partial charge on any atom is 0.244 e. The molecule has 1 aromatic carbocycles. The summed E-state index contributed by atoms with van der Waals surface area (Å²) in [7, 11) is 0. The van der Waals surface area contributed by atoms with Crippen LogP contribution in [0.2, 0.25) is 0 Å². The van der Waals surface area contributed by atoms with Gasteiger partial charge in [0, 0.05) is 12.2 Å². The highest BCUT2D eigenvalue weighted by molar-refractivity contribution is 5.97. The minimum absolute atomic E-state index is 0.0253. The lowest BCUT2D eigenvalue weighted by Gasteiger charge is -2.40. The number of nitrogens with one attached hydrogen (secondary N) is 1. The Morgan fingerprint density at radius 1 is 1.37 bits per heavy atom. The molecule has 1 atom stereocenters. The van der Waals surface area contributed by atoms with Gasteiger partial charge in [0.1, 0.15) is 0 Å². The molecule has 0 bridgehead atoms. The number of hydrogen-bond acceptors (Lipinski definition) is 2. The van der Waals surface area contributed by atoms with E-state index in [4.69, 9.17) is 0 Å². The molecule has 1 unspecified atom stereocenters. The highest BCUT2D eigenvalue weighted by atomic mass is 16.2. The molecule has 0 spiro atoms. The van der Waals surface area contributed by atoms with Gasteiger partial charge in [-0.3, -0.25) is 4.79 Å². The average Bonchev–Trinajstić information content (AvgIpc) is 2.40. The summed E-state index contributed by atoms with van der Waals surface area (Å²) in [5.74, 6) is 0.193. The van der Waals surface area contributed by atoms with Crippen LogP contribution in [-0.4, -0.2) is 25.0 Å². The predicted octanol–water partition coefficient (Wildman–Crippen LogP) is 2.82. The summed E-state index contributed by atoms with van der Waals surface area (Å²) < 4.78 is 0. The fourth-order valence-corrected chi connectivity index (χ4v) is 2.86. The smallest absolute Gasteiger partial charge is 0.244 e. The van der Waals surface area contributed by atoms with E-state index >= 15 is 0 Å². The van der Waals surface area contributed by atoms with Gasteiger partial charge in [-0.15, -0.1) is 0 Å². The summed E-state index contributed by atoms with van der Waals surface area (Å²) in [4.78, 5) is 14.7. The summed E-state index contributed by atoms with van der Waals surface area (Å²) in [6.07, 6.45) is 2.25. The Kier molecular flexibility index (Phi) is 4.25. The van der Waals surface area contributed by atoms with E-state index in [1.807, 2.05) is 42.2 Å². The summed E-state index contributed by atoms with van der Waals surface area (Å²) in [6, 6.07) is 9.84. The van der Waals surface area contributed by atoms with Crippen LogP contribution in [0, 0.1) is 5.41 Å². The number of carbonyl (C=O) groups excluding carboxylic acids is 1. The van der Waals surface area contributed by atoms with Crippen LogP contribution in [0.5, 0.6) is 0 Å². The van der Waals surface area contributed by atoms with Crippen molar-refractivity contribution in [1.82, 2.24) is 5.32 Å². The molecular formula is C16H24N2O. The third-order valence-electron chi connectivity index (χ3n) is 4.02. The lowest BCUT2D eigenvalue weighted by atomic mass is 9.77. The number of amides is 1. The number of benzene rings is 1. The van der Waals surface area contributed by atoms with E-state index in [0.717, 1.165) is 25.1 Å². The fraction of sp³-hybridized carbons (Fsp3) is 0.562. The summed E-state index contributed by atoms with van der Waals surface area (Å²) >= 11 is 0. The van der Waals surface area contributed by atoms with Gasteiger partial charge in [0.25, 0.3) is 0 Å². The van der Waals surface area contributed by atoms with Crippen molar-refractivity contribution < 1.29 is 4.79 Å². The number of nitrogens with zero attached hydrogens (tertiary/aromatic N) is 1. The first-order valence-corrected chi connectivity index (χ1v) is 7.16. The molecule has 1 N–H and O–H groups in total. The standard InChI is InChI=1S/C16H24N2O/c1-4-18(13-9-6-5-7-10-13)15(19)14-16(2,3)11-8-12-17-14/h5-7,9-10,14,17H,4,8,11-12H2,1-3H3. The monoisotopic (exact) mass is 260 g/mol. The highest BCUT2D eigenvalue weighted by Gasteiger charge is 2.39. The third-order valence-corrected chi connectivity index (χ3v) is 4.02. The van der Waals surface area contributed by atoms with Crippen molar-refractivity contribution in [2.45, 2.75) is 39.7 Å². The molecule has 0 saturated carbocycles. The van der Waals surface area contributed by atoms with Gasteiger partial charge >= 0.3 is 0 Å². The van der Waals surface area contributed by atoms with E-state index in [1.165, 1.54) is 0 Å². The number of piperidine rings is 1. The van der Waals surface area contributed by atoms with Gasteiger partial charge in [0.2, 0.25) is 5.91 Å². The molecule has 2 rings (SSSR count). The van der Waals surface area contributed by atoms with Crippen molar-refractivity contribution in [2.75, 3.05) is 18.0 Å². The van der Waals surface area contributed by atoms with E-state index in [-0.39, 0.29) is 17.4 Å². The van der Waals surface area contributed by atoms with Gasteiger partial charge in [0.15, 0.2) is 0 Å². The molecule has 0 aromatic heterocycles. The van der Waals surface area contributed by atoms with Gasteiger partial charge in [-0.2, -0.15) is 0 Å². The van der Waals surface area contributed by atoms with Crippen LogP contribution in [0.4, 0.5) is 5.69 Å². The molecule has 19 heavy (non-hydrogen) atoms. The number of carbonyl (C=O) groups is 1. The van der Waals surface area contributed by atoms with Crippen LogP contribution in [0.25, 0.3) is 0 Å². The van der Waals surface area contributed by atoms with Crippen LogP contribution < -0.4 is 10.2 Å². The molecule has 1 saturated heterocycles. The van der Waals surface area contributed by atoms with Gasteiger partial charge < -0.3 is 10.2 Å². The van der Waals surface area contributed by atoms with Gasteiger partial charge in [0.05, 0.1) is 6.04 Å². The Labute approximate surface area is 116 Å². The first-order chi connectivity index (χ1) is 9.06. The molecule has 1 aliphatic rings. The van der Waals surface area contributed by atoms with Gasteiger partial charge in [-0.25, -0.2) is 0 Å². The molecule has 1 heterocycles. The largest absolute Gasteiger partial charge is 0.311 e. The lowest BCUT2D eigenvalue weighted by molar-refractivity contribution is -0.124. The first kappa shape index (κ1) is 14.1. The molecule has 1 amide bonds. The summed E-state index contributed by atoms with van der Waals surface area (Å²) in [5.41, 5.74) is 1.01. The normalized spacial score (nSPS) is 21.9. The van der Waals surface area contributed by atoms with E-state index in [9.17, 15) is 4.79 Å². The Balaban J connectivity index is 2.21. The molecule has 3 nitrogen and oxygen atoms in total. The average molecular weight is 260 g/mol. The Hall–Kier alpha value is -1.35. The van der Waals surface area contributed by atoms with Crippen LogP contribution in [-0.2, 0) is 4.79 Å². The zero-order chi connectivity index (χ0) is 13.9.